The van der Waals surface area contributed by atoms with Crippen LogP contribution in [0, 0.1) is 0 Å². The van der Waals surface area contributed by atoms with Crippen LogP contribution in [0.15, 0.2) is 0 Å². The van der Waals surface area contributed by atoms with Gasteiger partial charge in [-0.3, -0.25) is 9.00 Å². The number of carboxylic acids is 1. The lowest BCUT2D eigenvalue weighted by atomic mass is 10.2. The van der Waals surface area contributed by atoms with Crippen LogP contribution in [0.1, 0.15) is 12.8 Å². The van der Waals surface area contributed by atoms with Crippen molar-refractivity contribution in [2.24, 2.45) is 0 Å². The first kappa shape index (κ1) is 12.5. The molecule has 0 aromatic rings. The van der Waals surface area contributed by atoms with Crippen LogP contribution >= 0.6 is 0 Å². The second-order valence-corrected chi connectivity index (χ2v) is 5.90. The number of amides is 1. The predicted molar refractivity (Wildman–Crippen MR) is 60.0 cm³/mol. The maximum absolute atomic E-state index is 12.0. The van der Waals surface area contributed by atoms with E-state index in [1.807, 2.05) is 0 Å². The van der Waals surface area contributed by atoms with Gasteiger partial charge in [0.25, 0.3) is 5.91 Å². The first-order valence-electron chi connectivity index (χ1n) is 5.60. The Morgan fingerprint density at radius 1 is 1.18 bits per heavy atom. The van der Waals surface area contributed by atoms with Gasteiger partial charge in [0.15, 0.2) is 6.10 Å². The molecule has 1 N–H and O–H groups in total. The first-order valence-corrected chi connectivity index (χ1v) is 7.09. The molecule has 2 aliphatic heterocycles. The number of hydrogen-bond acceptors (Lipinski definition) is 4. The van der Waals surface area contributed by atoms with Gasteiger partial charge in [0.2, 0.25) is 0 Å². The molecule has 0 aromatic carbocycles. The van der Waals surface area contributed by atoms with E-state index in [1.54, 1.807) is 4.90 Å². The van der Waals surface area contributed by atoms with E-state index in [2.05, 4.69) is 0 Å². The monoisotopic (exact) mass is 261 g/mol. The summed E-state index contributed by atoms with van der Waals surface area (Å²) in [5, 5.41) is 8.77. The highest BCUT2D eigenvalue weighted by atomic mass is 32.2. The Bertz CT molecular complexity index is 349. The molecule has 17 heavy (non-hydrogen) atoms. The van der Waals surface area contributed by atoms with Gasteiger partial charge in [0.05, 0.1) is 0 Å². The Morgan fingerprint density at radius 3 is 2.29 bits per heavy atom. The van der Waals surface area contributed by atoms with E-state index in [0.717, 1.165) is 0 Å². The van der Waals surface area contributed by atoms with E-state index in [4.69, 9.17) is 9.84 Å². The molecule has 2 atom stereocenters. The lowest BCUT2D eigenvalue weighted by Gasteiger charge is -2.28. The third-order valence-corrected chi connectivity index (χ3v) is 4.34. The highest BCUT2D eigenvalue weighted by molar-refractivity contribution is 7.85. The summed E-state index contributed by atoms with van der Waals surface area (Å²) in [5.41, 5.74) is 0. The number of rotatable bonds is 2. The van der Waals surface area contributed by atoms with Crippen LogP contribution in [0.2, 0.25) is 0 Å². The van der Waals surface area contributed by atoms with Crippen LogP contribution in [0.3, 0.4) is 0 Å². The van der Waals surface area contributed by atoms with Crippen molar-refractivity contribution >= 4 is 22.7 Å². The van der Waals surface area contributed by atoms with E-state index in [0.29, 0.717) is 37.4 Å². The van der Waals surface area contributed by atoms with Gasteiger partial charge in [-0.1, -0.05) is 0 Å². The van der Waals surface area contributed by atoms with Crippen LogP contribution in [-0.4, -0.2) is 62.9 Å². The first-order chi connectivity index (χ1) is 8.08. The van der Waals surface area contributed by atoms with Crippen LogP contribution < -0.4 is 0 Å². The minimum Gasteiger partial charge on any atom is -0.479 e. The van der Waals surface area contributed by atoms with Gasteiger partial charge in [-0.05, 0) is 12.8 Å². The molecule has 0 radical (unpaired) electrons. The Morgan fingerprint density at radius 2 is 1.76 bits per heavy atom. The predicted octanol–water partition coefficient (Wildman–Crippen LogP) is -0.790. The third kappa shape index (κ3) is 2.84. The summed E-state index contributed by atoms with van der Waals surface area (Å²) in [6.07, 6.45) is -0.661. The highest BCUT2D eigenvalue weighted by Crippen LogP contribution is 2.22. The van der Waals surface area contributed by atoms with Crippen LogP contribution in [0.25, 0.3) is 0 Å². The molecule has 2 saturated heterocycles. The molecule has 0 aromatic heterocycles. The molecule has 0 bridgehead atoms. The highest BCUT2D eigenvalue weighted by Gasteiger charge is 2.37. The Kier molecular flexibility index (Phi) is 3.78. The van der Waals surface area contributed by atoms with Crippen molar-refractivity contribution in [3.8, 4) is 0 Å². The van der Waals surface area contributed by atoms with Crippen LogP contribution in [-0.2, 0) is 25.1 Å². The van der Waals surface area contributed by atoms with Crippen molar-refractivity contribution in [2.75, 3.05) is 24.6 Å². The normalized spacial score (nSPS) is 30.5. The van der Waals surface area contributed by atoms with Gasteiger partial charge in [-0.2, -0.15) is 0 Å². The van der Waals surface area contributed by atoms with E-state index >= 15 is 0 Å². The second-order valence-electron chi connectivity index (χ2n) is 4.20. The zero-order valence-electron chi connectivity index (χ0n) is 9.33. The molecule has 2 fully saturated rings. The maximum atomic E-state index is 12.0. The number of carbonyl (C=O) groups excluding carboxylic acids is 1. The van der Waals surface area contributed by atoms with E-state index in [1.165, 1.54) is 0 Å². The van der Waals surface area contributed by atoms with Gasteiger partial charge >= 0.3 is 5.97 Å². The van der Waals surface area contributed by atoms with Crippen molar-refractivity contribution in [3.63, 3.8) is 0 Å². The van der Waals surface area contributed by atoms with Gasteiger partial charge in [-0.25, -0.2) is 4.79 Å². The molecule has 2 unspecified atom stereocenters. The van der Waals surface area contributed by atoms with Gasteiger partial charge in [-0.15, -0.1) is 0 Å². The Balaban J connectivity index is 1.89. The summed E-state index contributed by atoms with van der Waals surface area (Å²) < 4.78 is 16.4. The van der Waals surface area contributed by atoms with Gasteiger partial charge in [0, 0.05) is 35.4 Å². The molecule has 2 heterocycles. The largest absolute Gasteiger partial charge is 0.479 e. The quantitative estimate of drug-likeness (QED) is 0.704. The molecule has 1 amide bonds. The molecular weight excluding hydrogens is 246 g/mol. The summed E-state index contributed by atoms with van der Waals surface area (Å²) >= 11 is 0. The summed E-state index contributed by atoms with van der Waals surface area (Å²) in [4.78, 5) is 24.3. The fraction of sp³-hybridized carbons (Fsp3) is 0.800. The molecular formula is C10H15NO5S. The SMILES string of the molecule is O=C(O)C1CCC(C(=O)N2CCS(=O)CC2)O1. The fourth-order valence-electron chi connectivity index (χ4n) is 2.06. The zero-order chi connectivity index (χ0) is 12.4. The van der Waals surface area contributed by atoms with Crippen molar-refractivity contribution in [3.05, 3.63) is 0 Å². The minimum absolute atomic E-state index is 0.162. The fourth-order valence-corrected chi connectivity index (χ4v) is 3.11. The van der Waals surface area contributed by atoms with Gasteiger partial charge in [0.1, 0.15) is 6.10 Å². The number of carbonyl (C=O) groups is 2. The molecule has 6 nitrogen and oxygen atoms in total. The molecule has 96 valence electrons. The maximum Gasteiger partial charge on any atom is 0.332 e. The van der Waals surface area contributed by atoms with E-state index in [-0.39, 0.29) is 5.91 Å². The third-order valence-electron chi connectivity index (χ3n) is 3.06. The van der Waals surface area contributed by atoms with Crippen molar-refractivity contribution in [2.45, 2.75) is 25.0 Å². The van der Waals surface area contributed by atoms with Gasteiger partial charge < -0.3 is 14.7 Å². The topological polar surface area (TPSA) is 83.9 Å². The second kappa shape index (κ2) is 5.14. The van der Waals surface area contributed by atoms with Crippen molar-refractivity contribution in [1.82, 2.24) is 4.90 Å². The average molecular weight is 261 g/mol. The Labute approximate surface area is 101 Å². The Hall–Kier alpha value is -0.950. The van der Waals surface area contributed by atoms with E-state index in [9.17, 15) is 13.8 Å². The zero-order valence-corrected chi connectivity index (χ0v) is 10.1. The lowest BCUT2D eigenvalue weighted by Crippen LogP contribution is -2.46. The smallest absolute Gasteiger partial charge is 0.332 e. The number of nitrogens with zero attached hydrogens (tertiary/aromatic N) is 1. The summed E-state index contributed by atoms with van der Waals surface area (Å²) in [6.45, 7) is 0.950. The molecule has 2 aliphatic rings. The van der Waals surface area contributed by atoms with Crippen molar-refractivity contribution in [1.29, 1.82) is 0 Å². The average Bonchev–Trinajstić information content (AvgIpc) is 2.78. The molecule has 0 spiro atoms. The number of hydrogen-bond donors (Lipinski definition) is 1. The molecule has 0 saturated carbocycles. The summed E-state index contributed by atoms with van der Waals surface area (Å²) in [5.74, 6) is -0.174. The minimum atomic E-state index is -1.01. The van der Waals surface area contributed by atoms with E-state index < -0.39 is 29.0 Å². The molecule has 7 heteroatoms. The summed E-state index contributed by atoms with van der Waals surface area (Å²) in [7, 11) is -0.822. The van der Waals surface area contributed by atoms with Crippen LogP contribution in [0.4, 0.5) is 0 Å². The number of ether oxygens (including phenoxy) is 1. The summed E-state index contributed by atoms with van der Waals surface area (Å²) in [6, 6.07) is 0. The number of carboxylic acid groups (broad SMARTS) is 1. The lowest BCUT2D eigenvalue weighted by molar-refractivity contribution is -0.154. The molecule has 2 rings (SSSR count). The number of aliphatic carboxylic acids is 1. The standard InChI is InChI=1S/C10H15NO5S/c12-9(11-3-5-17(15)6-4-11)7-1-2-8(16-7)10(13)14/h7-8H,1-6H2,(H,13,14). The van der Waals surface area contributed by atoms with Crippen molar-refractivity contribution < 1.29 is 23.6 Å². The molecule has 0 aliphatic carbocycles. The van der Waals surface area contributed by atoms with Crippen LogP contribution in [0.5, 0.6) is 0 Å².